The van der Waals surface area contributed by atoms with Crippen LogP contribution in [0.3, 0.4) is 0 Å². The highest BCUT2D eigenvalue weighted by atomic mass is 32.2. The summed E-state index contributed by atoms with van der Waals surface area (Å²) < 4.78 is 7.41. The van der Waals surface area contributed by atoms with Gasteiger partial charge in [-0.1, -0.05) is 30.8 Å². The number of hydrogen-bond donors (Lipinski definition) is 0. The third-order valence-electron chi connectivity index (χ3n) is 4.69. The van der Waals surface area contributed by atoms with Crippen LogP contribution in [0.2, 0.25) is 0 Å². The lowest BCUT2D eigenvalue weighted by Gasteiger charge is -2.21. The van der Waals surface area contributed by atoms with Crippen LogP contribution in [0.4, 0.5) is 5.69 Å². The van der Waals surface area contributed by atoms with Crippen molar-refractivity contribution in [3.63, 3.8) is 0 Å². The fourth-order valence-corrected chi connectivity index (χ4v) is 3.78. The van der Waals surface area contributed by atoms with Gasteiger partial charge in [0.2, 0.25) is 5.89 Å². The molecule has 1 aromatic carbocycles. The summed E-state index contributed by atoms with van der Waals surface area (Å²) in [5.74, 6) is 2.43. The number of aromatic nitrogens is 5. The Kier molecular flexibility index (Phi) is 6.39. The maximum Gasteiger partial charge on any atom is 0.239 e. The molecule has 1 atom stereocenters. The summed E-state index contributed by atoms with van der Waals surface area (Å²) in [6.45, 7) is 12.4. The molecule has 0 radical (unpaired) electrons. The molecule has 2 heterocycles. The SMILES string of the molecule is CCN(CC)c1ccc(-c2nnc(SC(C)c3nc(C(C)C)no3)n2C)cc1. The molecule has 0 aliphatic heterocycles. The molecule has 8 heteroatoms. The van der Waals surface area contributed by atoms with Crippen LogP contribution in [-0.4, -0.2) is 38.0 Å². The van der Waals surface area contributed by atoms with Crippen LogP contribution in [0.25, 0.3) is 11.4 Å². The summed E-state index contributed by atoms with van der Waals surface area (Å²) in [5.41, 5.74) is 2.27. The largest absolute Gasteiger partial charge is 0.372 e. The summed E-state index contributed by atoms with van der Waals surface area (Å²) in [6.07, 6.45) is 0. The third-order valence-corrected chi connectivity index (χ3v) is 5.81. The van der Waals surface area contributed by atoms with Gasteiger partial charge in [0.15, 0.2) is 16.8 Å². The Bertz CT molecular complexity index is 898. The number of nitrogens with zero attached hydrogens (tertiary/aromatic N) is 6. The van der Waals surface area contributed by atoms with Gasteiger partial charge >= 0.3 is 0 Å². The summed E-state index contributed by atoms with van der Waals surface area (Å²) in [6, 6.07) is 8.47. The minimum Gasteiger partial charge on any atom is -0.372 e. The predicted molar refractivity (Wildman–Crippen MR) is 113 cm³/mol. The molecule has 150 valence electrons. The summed E-state index contributed by atoms with van der Waals surface area (Å²) in [4.78, 5) is 6.80. The molecule has 0 bridgehead atoms. The average Bonchev–Trinajstić information content (AvgIpc) is 3.32. The van der Waals surface area contributed by atoms with Gasteiger partial charge in [0.25, 0.3) is 0 Å². The number of hydrogen-bond acceptors (Lipinski definition) is 7. The molecule has 0 saturated heterocycles. The maximum absolute atomic E-state index is 5.40. The standard InChI is InChI=1S/C20H28N6OS/c1-7-26(8-2)16-11-9-15(10-12-16)18-22-23-20(25(18)6)28-14(5)19-21-17(13(3)4)24-27-19/h9-14H,7-8H2,1-6H3. The molecule has 0 N–H and O–H groups in total. The fourth-order valence-electron chi connectivity index (χ4n) is 2.93. The predicted octanol–water partition coefficient (Wildman–Crippen LogP) is 4.69. The first kappa shape index (κ1) is 20.4. The van der Waals surface area contributed by atoms with Crippen LogP contribution < -0.4 is 4.90 Å². The van der Waals surface area contributed by atoms with Crippen molar-refractivity contribution in [2.75, 3.05) is 18.0 Å². The minimum atomic E-state index is 0.000734. The van der Waals surface area contributed by atoms with E-state index >= 15 is 0 Å². The molecule has 28 heavy (non-hydrogen) atoms. The molecule has 0 fully saturated rings. The first-order chi connectivity index (χ1) is 13.4. The zero-order valence-corrected chi connectivity index (χ0v) is 18.2. The Balaban J connectivity index is 1.76. The first-order valence-corrected chi connectivity index (χ1v) is 10.6. The van der Waals surface area contributed by atoms with E-state index in [1.54, 1.807) is 11.8 Å². The van der Waals surface area contributed by atoms with Crippen molar-refractivity contribution >= 4 is 17.4 Å². The molecule has 1 unspecified atom stereocenters. The van der Waals surface area contributed by atoms with Gasteiger partial charge in [-0.25, -0.2) is 0 Å². The topological polar surface area (TPSA) is 72.9 Å². The van der Waals surface area contributed by atoms with Crippen LogP contribution in [0.5, 0.6) is 0 Å². The molecule has 0 aliphatic rings. The monoisotopic (exact) mass is 400 g/mol. The van der Waals surface area contributed by atoms with E-state index in [0.717, 1.165) is 35.5 Å². The molecule has 2 aromatic heterocycles. The summed E-state index contributed by atoms with van der Waals surface area (Å²) in [7, 11) is 1.98. The van der Waals surface area contributed by atoms with Crippen LogP contribution >= 0.6 is 11.8 Å². The van der Waals surface area contributed by atoms with Crippen LogP contribution in [0.1, 0.15) is 57.5 Å². The van der Waals surface area contributed by atoms with Crippen molar-refractivity contribution in [1.29, 1.82) is 0 Å². The van der Waals surface area contributed by atoms with E-state index in [9.17, 15) is 0 Å². The molecule has 0 spiro atoms. The zero-order valence-electron chi connectivity index (χ0n) is 17.4. The van der Waals surface area contributed by atoms with E-state index < -0.39 is 0 Å². The van der Waals surface area contributed by atoms with Gasteiger partial charge in [0.1, 0.15) is 0 Å². The molecule has 3 rings (SSSR count). The second kappa shape index (κ2) is 8.77. The summed E-state index contributed by atoms with van der Waals surface area (Å²) >= 11 is 1.56. The molecule has 0 aliphatic carbocycles. The molecular formula is C20H28N6OS. The van der Waals surface area contributed by atoms with Gasteiger partial charge in [-0.15, -0.1) is 10.2 Å². The highest BCUT2D eigenvalue weighted by Gasteiger charge is 2.20. The molecule has 3 aromatic rings. The van der Waals surface area contributed by atoms with E-state index in [-0.39, 0.29) is 11.2 Å². The van der Waals surface area contributed by atoms with Gasteiger partial charge in [-0.05, 0) is 45.0 Å². The highest BCUT2D eigenvalue weighted by Crippen LogP contribution is 2.34. The molecule has 7 nitrogen and oxygen atoms in total. The van der Waals surface area contributed by atoms with Crippen molar-refractivity contribution < 1.29 is 4.52 Å². The van der Waals surface area contributed by atoms with Crippen molar-refractivity contribution in [2.24, 2.45) is 7.05 Å². The fraction of sp³-hybridized carbons (Fsp3) is 0.500. The smallest absolute Gasteiger partial charge is 0.239 e. The number of benzene rings is 1. The van der Waals surface area contributed by atoms with Crippen LogP contribution in [0.15, 0.2) is 33.9 Å². The number of anilines is 1. The van der Waals surface area contributed by atoms with Gasteiger partial charge < -0.3 is 14.0 Å². The average molecular weight is 401 g/mol. The number of rotatable bonds is 8. The van der Waals surface area contributed by atoms with Gasteiger partial charge in [-0.3, -0.25) is 0 Å². The van der Waals surface area contributed by atoms with Crippen LogP contribution in [-0.2, 0) is 7.05 Å². The van der Waals surface area contributed by atoms with E-state index in [4.69, 9.17) is 4.52 Å². The Hall–Kier alpha value is -2.35. The van der Waals surface area contributed by atoms with E-state index in [2.05, 4.69) is 63.4 Å². The first-order valence-electron chi connectivity index (χ1n) is 9.69. The number of thioether (sulfide) groups is 1. The zero-order chi connectivity index (χ0) is 20.3. The third kappa shape index (κ3) is 4.22. The highest BCUT2D eigenvalue weighted by molar-refractivity contribution is 7.99. The molecule has 0 saturated carbocycles. The Morgan fingerprint density at radius 2 is 1.75 bits per heavy atom. The maximum atomic E-state index is 5.40. The normalized spacial score (nSPS) is 12.5. The van der Waals surface area contributed by atoms with Crippen LogP contribution in [0, 0.1) is 0 Å². The second-order valence-electron chi connectivity index (χ2n) is 6.99. The van der Waals surface area contributed by atoms with E-state index in [0.29, 0.717) is 5.89 Å². The lowest BCUT2D eigenvalue weighted by atomic mass is 10.2. The van der Waals surface area contributed by atoms with Crippen molar-refractivity contribution in [3.8, 4) is 11.4 Å². The van der Waals surface area contributed by atoms with Gasteiger partial charge in [0, 0.05) is 37.3 Å². The Morgan fingerprint density at radius 1 is 1.07 bits per heavy atom. The van der Waals surface area contributed by atoms with Crippen molar-refractivity contribution in [3.05, 3.63) is 36.0 Å². The Labute approximate surface area is 170 Å². The lowest BCUT2D eigenvalue weighted by Crippen LogP contribution is -2.21. The Morgan fingerprint density at radius 3 is 2.32 bits per heavy atom. The van der Waals surface area contributed by atoms with Gasteiger partial charge in [0.05, 0.1) is 5.25 Å². The second-order valence-corrected chi connectivity index (χ2v) is 8.30. The summed E-state index contributed by atoms with van der Waals surface area (Å²) in [5, 5.41) is 13.6. The van der Waals surface area contributed by atoms with Crippen molar-refractivity contribution in [1.82, 2.24) is 24.9 Å². The molecule has 0 amide bonds. The lowest BCUT2D eigenvalue weighted by molar-refractivity contribution is 0.373. The van der Waals surface area contributed by atoms with Crippen molar-refractivity contribution in [2.45, 2.75) is 50.9 Å². The quantitative estimate of drug-likeness (QED) is 0.508. The van der Waals surface area contributed by atoms with Gasteiger partial charge in [-0.2, -0.15) is 4.98 Å². The van der Waals surface area contributed by atoms with E-state index in [1.807, 2.05) is 32.4 Å². The van der Waals surface area contributed by atoms with E-state index in [1.165, 1.54) is 5.69 Å². The molecular weight excluding hydrogens is 372 g/mol. The minimum absolute atomic E-state index is 0.000734.